The number of fused-ring (bicyclic) bond motifs is 1. The number of rotatable bonds is 7. The molecular formula is C22H30N2O5. The van der Waals surface area contributed by atoms with E-state index in [1.165, 1.54) is 4.90 Å². The van der Waals surface area contributed by atoms with Gasteiger partial charge in [-0.25, -0.2) is 9.59 Å². The third-order valence-electron chi connectivity index (χ3n) is 6.71. The third kappa shape index (κ3) is 4.09. The number of hydrogen-bond acceptors (Lipinski definition) is 4. The predicted molar refractivity (Wildman–Crippen MR) is 107 cm³/mol. The molecule has 0 aromatic heterocycles. The molecule has 2 fully saturated rings. The summed E-state index contributed by atoms with van der Waals surface area (Å²) in [7, 11) is 0. The number of aliphatic carboxylic acids is 1. The molecule has 1 saturated heterocycles. The van der Waals surface area contributed by atoms with Gasteiger partial charge >= 0.3 is 12.1 Å². The van der Waals surface area contributed by atoms with Gasteiger partial charge in [0.2, 0.25) is 5.91 Å². The second-order valence-corrected chi connectivity index (χ2v) is 8.80. The van der Waals surface area contributed by atoms with E-state index < -0.39 is 24.1 Å². The molecule has 1 aromatic rings. The number of likely N-dealkylation sites (tertiary alicyclic amines) is 1. The number of benzene rings is 1. The number of hydrogen-bond donors (Lipinski definition) is 2. The fraction of sp³-hybridized carbons (Fsp3) is 0.591. The van der Waals surface area contributed by atoms with Crippen LogP contribution in [0.2, 0.25) is 0 Å². The highest BCUT2D eigenvalue weighted by atomic mass is 16.5. The first-order valence-electron chi connectivity index (χ1n) is 10.2. The van der Waals surface area contributed by atoms with E-state index in [-0.39, 0.29) is 35.7 Å². The van der Waals surface area contributed by atoms with Crippen molar-refractivity contribution in [3.05, 3.63) is 35.9 Å². The van der Waals surface area contributed by atoms with Gasteiger partial charge in [0, 0.05) is 12.5 Å². The highest BCUT2D eigenvalue weighted by Gasteiger charge is 2.69. The van der Waals surface area contributed by atoms with E-state index in [2.05, 4.69) is 5.32 Å². The van der Waals surface area contributed by atoms with Crippen molar-refractivity contribution >= 4 is 18.0 Å². The first-order valence-corrected chi connectivity index (χ1v) is 10.2. The van der Waals surface area contributed by atoms with Gasteiger partial charge in [0.05, 0.1) is 0 Å². The maximum atomic E-state index is 13.2. The Kier molecular flexibility index (Phi) is 5.87. The summed E-state index contributed by atoms with van der Waals surface area (Å²) in [5, 5.41) is 12.4. The largest absolute Gasteiger partial charge is 0.480 e. The van der Waals surface area contributed by atoms with Crippen molar-refractivity contribution in [2.45, 2.75) is 52.8 Å². The van der Waals surface area contributed by atoms with Gasteiger partial charge in [0.15, 0.2) is 0 Å². The Morgan fingerprint density at radius 1 is 1.28 bits per heavy atom. The Morgan fingerprint density at radius 2 is 1.93 bits per heavy atom. The first kappa shape index (κ1) is 21.1. The lowest BCUT2D eigenvalue weighted by molar-refractivity contribution is -0.151. The molecule has 1 heterocycles. The first-order chi connectivity index (χ1) is 13.7. The lowest BCUT2D eigenvalue weighted by atomic mass is 9.95. The van der Waals surface area contributed by atoms with Gasteiger partial charge in [-0.05, 0) is 22.8 Å². The van der Waals surface area contributed by atoms with Crippen molar-refractivity contribution < 1.29 is 24.2 Å². The van der Waals surface area contributed by atoms with E-state index >= 15 is 0 Å². The summed E-state index contributed by atoms with van der Waals surface area (Å²) in [6.45, 7) is 8.42. The fourth-order valence-corrected chi connectivity index (χ4v) is 4.55. The molecule has 5 atom stereocenters. The third-order valence-corrected chi connectivity index (χ3v) is 6.71. The van der Waals surface area contributed by atoms with Crippen molar-refractivity contribution in [2.24, 2.45) is 23.2 Å². The number of piperidine rings is 1. The number of carbonyl (C=O) groups is 3. The quantitative estimate of drug-likeness (QED) is 0.731. The van der Waals surface area contributed by atoms with E-state index in [0.717, 1.165) is 5.56 Å². The Balaban J connectivity index is 1.67. The molecule has 0 spiro atoms. The summed E-state index contributed by atoms with van der Waals surface area (Å²) in [6.07, 6.45) is -0.0108. The molecule has 158 valence electrons. The average molecular weight is 402 g/mol. The molecule has 7 nitrogen and oxygen atoms in total. The van der Waals surface area contributed by atoms with Crippen molar-refractivity contribution in [1.29, 1.82) is 0 Å². The highest BCUT2D eigenvalue weighted by molar-refractivity contribution is 5.90. The van der Waals surface area contributed by atoms with E-state index in [0.29, 0.717) is 13.0 Å². The van der Waals surface area contributed by atoms with Gasteiger partial charge in [-0.15, -0.1) is 0 Å². The SMILES string of the molecule is CC[C@@H](C)[C@H](NC(=O)OCc1ccccc1)C(=O)N1C[C@H]2[C@@H]([C@H]1C(=O)O)C2(C)C. The summed E-state index contributed by atoms with van der Waals surface area (Å²) in [5.74, 6) is -1.31. The van der Waals surface area contributed by atoms with Crippen LogP contribution in [0.5, 0.6) is 0 Å². The molecule has 29 heavy (non-hydrogen) atoms. The summed E-state index contributed by atoms with van der Waals surface area (Å²) >= 11 is 0. The molecule has 0 radical (unpaired) electrons. The van der Waals surface area contributed by atoms with E-state index in [9.17, 15) is 19.5 Å². The molecule has 2 N–H and O–H groups in total. The summed E-state index contributed by atoms with van der Waals surface area (Å²) in [5.41, 5.74) is 0.787. The zero-order valence-electron chi connectivity index (χ0n) is 17.4. The van der Waals surface area contributed by atoms with Crippen LogP contribution < -0.4 is 5.32 Å². The van der Waals surface area contributed by atoms with Crippen LogP contribution in [0.1, 0.15) is 39.7 Å². The fourth-order valence-electron chi connectivity index (χ4n) is 4.55. The average Bonchev–Trinajstić information content (AvgIpc) is 3.05. The molecule has 1 aliphatic carbocycles. The van der Waals surface area contributed by atoms with Gasteiger partial charge in [0.25, 0.3) is 0 Å². The van der Waals surface area contributed by atoms with Crippen molar-refractivity contribution in [1.82, 2.24) is 10.2 Å². The Bertz CT molecular complexity index is 779. The van der Waals surface area contributed by atoms with Crippen molar-refractivity contribution in [2.75, 3.05) is 6.54 Å². The molecule has 0 unspecified atom stereocenters. The molecule has 0 bridgehead atoms. The van der Waals surface area contributed by atoms with E-state index in [4.69, 9.17) is 4.74 Å². The highest BCUT2D eigenvalue weighted by Crippen LogP contribution is 2.64. The number of ether oxygens (including phenoxy) is 1. The van der Waals surface area contributed by atoms with Crippen LogP contribution in [-0.2, 0) is 20.9 Å². The van der Waals surface area contributed by atoms with Gasteiger partial charge < -0.3 is 20.1 Å². The van der Waals surface area contributed by atoms with E-state index in [1.807, 2.05) is 58.0 Å². The number of nitrogens with one attached hydrogen (secondary N) is 1. The van der Waals surface area contributed by atoms with Crippen LogP contribution in [0.3, 0.4) is 0 Å². The van der Waals surface area contributed by atoms with Crippen LogP contribution in [0, 0.1) is 23.2 Å². The monoisotopic (exact) mass is 402 g/mol. The number of carbonyl (C=O) groups excluding carboxylic acids is 2. The van der Waals surface area contributed by atoms with Gasteiger partial charge in [-0.1, -0.05) is 64.4 Å². The van der Waals surface area contributed by atoms with Gasteiger partial charge in [-0.3, -0.25) is 4.79 Å². The second-order valence-electron chi connectivity index (χ2n) is 8.80. The van der Waals surface area contributed by atoms with Crippen LogP contribution in [0.4, 0.5) is 4.79 Å². The lowest BCUT2D eigenvalue weighted by Crippen LogP contribution is -2.56. The topological polar surface area (TPSA) is 95.9 Å². The standard InChI is InChI=1S/C22H30N2O5/c1-5-13(2)17(23-21(28)29-12-14-9-7-6-8-10-14)19(25)24-11-15-16(22(15,3)4)18(24)20(26)27/h6-10,13,15-18H,5,11-12H2,1-4H3,(H,23,28)(H,26,27)/t13-,15+,16+,17+,18+/m1/s1. The molecule has 7 heteroatoms. The maximum Gasteiger partial charge on any atom is 0.408 e. The van der Waals surface area contributed by atoms with E-state index in [1.54, 1.807) is 0 Å². The second kappa shape index (κ2) is 8.05. The molecule has 3 rings (SSSR count). The molecular weight excluding hydrogens is 372 g/mol. The minimum Gasteiger partial charge on any atom is -0.480 e. The number of nitrogens with zero attached hydrogens (tertiary/aromatic N) is 1. The zero-order chi connectivity index (χ0) is 21.3. The van der Waals surface area contributed by atoms with Crippen LogP contribution in [-0.4, -0.2) is 46.6 Å². The van der Waals surface area contributed by atoms with Crippen molar-refractivity contribution in [3.8, 4) is 0 Å². The normalized spacial score (nSPS) is 26.2. The molecule has 2 aliphatic rings. The van der Waals surface area contributed by atoms with Crippen LogP contribution in [0.15, 0.2) is 30.3 Å². The number of alkyl carbamates (subject to hydrolysis) is 1. The van der Waals surface area contributed by atoms with Gasteiger partial charge in [-0.2, -0.15) is 0 Å². The Morgan fingerprint density at radius 3 is 2.52 bits per heavy atom. The smallest absolute Gasteiger partial charge is 0.408 e. The minimum absolute atomic E-state index is 0.0356. The summed E-state index contributed by atoms with van der Waals surface area (Å²) in [6, 6.07) is 7.63. The predicted octanol–water partition coefficient (Wildman–Crippen LogP) is 2.90. The molecule has 2 amide bonds. The van der Waals surface area contributed by atoms with Crippen LogP contribution >= 0.6 is 0 Å². The Hall–Kier alpha value is -2.57. The minimum atomic E-state index is -0.981. The maximum absolute atomic E-state index is 13.2. The van der Waals surface area contributed by atoms with Crippen LogP contribution in [0.25, 0.3) is 0 Å². The number of amides is 2. The molecule has 1 saturated carbocycles. The molecule has 1 aliphatic heterocycles. The number of carboxylic acid groups (broad SMARTS) is 1. The zero-order valence-corrected chi connectivity index (χ0v) is 17.4. The van der Waals surface area contributed by atoms with Gasteiger partial charge in [0.1, 0.15) is 18.7 Å². The summed E-state index contributed by atoms with van der Waals surface area (Å²) in [4.78, 5) is 38.9. The Labute approximate surface area is 171 Å². The summed E-state index contributed by atoms with van der Waals surface area (Å²) < 4.78 is 5.27. The lowest BCUT2D eigenvalue weighted by Gasteiger charge is -2.33. The van der Waals surface area contributed by atoms with Crippen molar-refractivity contribution in [3.63, 3.8) is 0 Å². The molecule has 1 aromatic carbocycles. The number of carboxylic acids is 1.